The van der Waals surface area contributed by atoms with E-state index in [1.165, 1.54) is 0 Å². The van der Waals surface area contributed by atoms with Gasteiger partial charge in [0.05, 0.1) is 27.8 Å². The monoisotopic (exact) mass is 565 g/mol. The molecule has 0 amide bonds. The standard InChI is InChI=1S/C40H23NO3/c1-2-11-25-24(10-1)22-23-27-26-14-7-17-32(40(26)44-39(25)27)41(30-15-8-20-35-37(30)28-12-3-5-18-33(28)42-35)31-16-9-21-36-38(31)29-13-4-6-19-34(29)43-36/h1-23H. The molecule has 0 atom stereocenters. The van der Waals surface area contributed by atoms with Gasteiger partial charge in [-0.15, -0.1) is 0 Å². The average Bonchev–Trinajstić information content (AvgIpc) is 3.77. The average molecular weight is 566 g/mol. The van der Waals surface area contributed by atoms with Gasteiger partial charge in [-0.05, 0) is 53.9 Å². The van der Waals surface area contributed by atoms with Gasteiger partial charge in [0.2, 0.25) is 0 Å². The van der Waals surface area contributed by atoms with E-state index in [0.717, 1.165) is 93.7 Å². The van der Waals surface area contributed by atoms with E-state index in [4.69, 9.17) is 13.3 Å². The first-order chi connectivity index (χ1) is 21.8. The molecule has 3 aromatic heterocycles. The van der Waals surface area contributed by atoms with Crippen LogP contribution in [-0.4, -0.2) is 0 Å². The van der Waals surface area contributed by atoms with Gasteiger partial charge in [-0.3, -0.25) is 0 Å². The molecule has 206 valence electrons. The van der Waals surface area contributed by atoms with E-state index in [1.54, 1.807) is 0 Å². The van der Waals surface area contributed by atoms with Crippen LogP contribution in [0.25, 0.3) is 76.6 Å². The van der Waals surface area contributed by atoms with Gasteiger partial charge in [0.15, 0.2) is 5.58 Å². The van der Waals surface area contributed by atoms with Gasteiger partial charge in [0, 0.05) is 26.9 Å². The molecule has 0 aliphatic carbocycles. The zero-order valence-electron chi connectivity index (χ0n) is 23.5. The van der Waals surface area contributed by atoms with Crippen LogP contribution >= 0.6 is 0 Å². The molecule has 4 heteroatoms. The molecular formula is C40H23NO3. The highest BCUT2D eigenvalue weighted by Gasteiger charge is 2.26. The van der Waals surface area contributed by atoms with Gasteiger partial charge in [-0.25, -0.2) is 0 Å². The Hall–Kier alpha value is -6.00. The zero-order chi connectivity index (χ0) is 28.8. The molecule has 0 spiro atoms. The van der Waals surface area contributed by atoms with E-state index in [2.05, 4.69) is 108 Å². The largest absolute Gasteiger partial charge is 0.456 e. The Morgan fingerprint density at radius 2 is 0.818 bits per heavy atom. The smallest absolute Gasteiger partial charge is 0.159 e. The second-order valence-corrected chi connectivity index (χ2v) is 11.3. The van der Waals surface area contributed by atoms with Crippen molar-refractivity contribution >= 4 is 93.7 Å². The van der Waals surface area contributed by atoms with Crippen LogP contribution in [0.15, 0.2) is 153 Å². The van der Waals surface area contributed by atoms with Crippen molar-refractivity contribution in [3.8, 4) is 0 Å². The van der Waals surface area contributed by atoms with Crippen molar-refractivity contribution in [1.82, 2.24) is 0 Å². The Labute approximate surface area is 250 Å². The lowest BCUT2D eigenvalue weighted by atomic mass is 10.0. The molecule has 0 unspecified atom stereocenters. The van der Waals surface area contributed by atoms with Crippen molar-refractivity contribution in [2.24, 2.45) is 0 Å². The minimum Gasteiger partial charge on any atom is -0.456 e. The maximum absolute atomic E-state index is 6.89. The molecule has 10 rings (SSSR count). The molecule has 44 heavy (non-hydrogen) atoms. The second-order valence-electron chi connectivity index (χ2n) is 11.3. The molecule has 0 saturated heterocycles. The van der Waals surface area contributed by atoms with Crippen LogP contribution in [0.3, 0.4) is 0 Å². The minimum atomic E-state index is 0.827. The van der Waals surface area contributed by atoms with Crippen molar-refractivity contribution in [2.75, 3.05) is 4.90 Å². The van der Waals surface area contributed by atoms with Gasteiger partial charge in [0.1, 0.15) is 27.9 Å². The zero-order valence-corrected chi connectivity index (χ0v) is 23.5. The third-order valence-corrected chi connectivity index (χ3v) is 8.85. The molecule has 0 radical (unpaired) electrons. The Morgan fingerprint density at radius 3 is 1.50 bits per heavy atom. The summed E-state index contributed by atoms with van der Waals surface area (Å²) in [5, 5.41) is 8.65. The molecule has 7 aromatic carbocycles. The fraction of sp³-hybridized carbons (Fsp3) is 0. The third kappa shape index (κ3) is 3.17. The Kier molecular flexibility index (Phi) is 4.69. The number of nitrogens with zero attached hydrogens (tertiary/aromatic N) is 1. The summed E-state index contributed by atoms with van der Waals surface area (Å²) in [6.07, 6.45) is 0. The summed E-state index contributed by atoms with van der Waals surface area (Å²) < 4.78 is 19.6. The van der Waals surface area contributed by atoms with Gasteiger partial charge < -0.3 is 18.2 Å². The summed E-state index contributed by atoms with van der Waals surface area (Å²) in [6.45, 7) is 0. The predicted octanol–water partition coefficient (Wildman–Crippen LogP) is 12.0. The maximum atomic E-state index is 6.89. The number of hydrogen-bond donors (Lipinski definition) is 0. The molecule has 0 fully saturated rings. The topological polar surface area (TPSA) is 42.7 Å². The molecule has 10 aromatic rings. The first kappa shape index (κ1) is 23.6. The Bertz CT molecular complexity index is 2630. The van der Waals surface area contributed by atoms with Crippen LogP contribution < -0.4 is 4.90 Å². The lowest BCUT2D eigenvalue weighted by Crippen LogP contribution is -2.11. The van der Waals surface area contributed by atoms with Crippen LogP contribution in [-0.2, 0) is 0 Å². The van der Waals surface area contributed by atoms with Crippen LogP contribution in [0.2, 0.25) is 0 Å². The summed E-state index contributed by atoms with van der Waals surface area (Å²) in [5.74, 6) is 0. The number of fused-ring (bicyclic) bond motifs is 11. The lowest BCUT2D eigenvalue weighted by molar-refractivity contribution is 0.668. The highest BCUT2D eigenvalue weighted by atomic mass is 16.3. The van der Waals surface area contributed by atoms with Crippen molar-refractivity contribution < 1.29 is 13.3 Å². The second kappa shape index (κ2) is 8.76. The van der Waals surface area contributed by atoms with Gasteiger partial charge in [0.25, 0.3) is 0 Å². The highest BCUT2D eigenvalue weighted by Crippen LogP contribution is 2.49. The minimum absolute atomic E-state index is 0.827. The van der Waals surface area contributed by atoms with Crippen molar-refractivity contribution in [2.45, 2.75) is 0 Å². The quantitative estimate of drug-likeness (QED) is 0.214. The normalized spacial score (nSPS) is 12.1. The molecule has 0 saturated carbocycles. The number of benzene rings is 7. The van der Waals surface area contributed by atoms with Gasteiger partial charge in [-0.1, -0.05) is 91.0 Å². The fourth-order valence-electron chi connectivity index (χ4n) is 6.96. The SMILES string of the molecule is c1ccc2c(c1)ccc1c3cccc(N(c4cccc5oc6ccccc6c45)c4cccc5oc6ccccc6c45)c3oc21. The van der Waals surface area contributed by atoms with Crippen LogP contribution in [0, 0.1) is 0 Å². The van der Waals surface area contributed by atoms with Crippen molar-refractivity contribution in [1.29, 1.82) is 0 Å². The Balaban J connectivity index is 1.38. The molecule has 3 heterocycles. The van der Waals surface area contributed by atoms with E-state index in [-0.39, 0.29) is 0 Å². The molecule has 0 bridgehead atoms. The third-order valence-electron chi connectivity index (χ3n) is 8.85. The van der Waals surface area contributed by atoms with E-state index in [1.807, 2.05) is 36.4 Å². The molecular weight excluding hydrogens is 542 g/mol. The van der Waals surface area contributed by atoms with Crippen LogP contribution in [0.1, 0.15) is 0 Å². The lowest BCUT2D eigenvalue weighted by Gasteiger charge is -2.27. The number of furan rings is 3. The summed E-state index contributed by atoms with van der Waals surface area (Å²) in [5.41, 5.74) is 8.05. The fourth-order valence-corrected chi connectivity index (χ4v) is 6.96. The first-order valence-corrected chi connectivity index (χ1v) is 14.8. The summed E-state index contributed by atoms with van der Waals surface area (Å²) in [4.78, 5) is 2.32. The number of para-hydroxylation sites is 3. The van der Waals surface area contributed by atoms with E-state index < -0.39 is 0 Å². The molecule has 4 nitrogen and oxygen atoms in total. The summed E-state index contributed by atoms with van der Waals surface area (Å²) in [6, 6.07) is 48.2. The summed E-state index contributed by atoms with van der Waals surface area (Å²) in [7, 11) is 0. The van der Waals surface area contributed by atoms with Crippen molar-refractivity contribution in [3.63, 3.8) is 0 Å². The maximum Gasteiger partial charge on any atom is 0.159 e. The summed E-state index contributed by atoms with van der Waals surface area (Å²) >= 11 is 0. The highest BCUT2D eigenvalue weighted by molar-refractivity contribution is 6.21. The number of anilines is 3. The number of hydrogen-bond acceptors (Lipinski definition) is 4. The van der Waals surface area contributed by atoms with Gasteiger partial charge >= 0.3 is 0 Å². The van der Waals surface area contributed by atoms with Crippen molar-refractivity contribution in [3.05, 3.63) is 140 Å². The molecule has 0 aliphatic heterocycles. The molecule has 0 N–H and O–H groups in total. The first-order valence-electron chi connectivity index (χ1n) is 14.8. The van der Waals surface area contributed by atoms with Crippen LogP contribution in [0.4, 0.5) is 17.1 Å². The predicted molar refractivity (Wildman–Crippen MR) is 180 cm³/mol. The number of rotatable bonds is 3. The van der Waals surface area contributed by atoms with Crippen LogP contribution in [0.5, 0.6) is 0 Å². The van der Waals surface area contributed by atoms with Gasteiger partial charge in [-0.2, -0.15) is 0 Å². The Morgan fingerprint density at radius 1 is 0.318 bits per heavy atom. The van der Waals surface area contributed by atoms with E-state index in [9.17, 15) is 0 Å². The van der Waals surface area contributed by atoms with E-state index in [0.29, 0.717) is 0 Å². The molecule has 0 aliphatic rings. The van der Waals surface area contributed by atoms with E-state index >= 15 is 0 Å².